The molecule has 0 N–H and O–H groups in total. The van der Waals surface area contributed by atoms with Crippen LogP contribution < -0.4 is 4.90 Å². The summed E-state index contributed by atoms with van der Waals surface area (Å²) in [4.78, 5) is 2.43. The molecule has 0 aliphatic heterocycles. The van der Waals surface area contributed by atoms with Gasteiger partial charge < -0.3 is 9.47 Å². The van der Waals surface area contributed by atoms with Gasteiger partial charge in [0.05, 0.1) is 16.7 Å². The Balaban J connectivity index is 1.33. The van der Waals surface area contributed by atoms with Gasteiger partial charge in [-0.1, -0.05) is 97.1 Å². The summed E-state index contributed by atoms with van der Waals surface area (Å²) in [5.41, 5.74) is 7.05. The van der Waals surface area contributed by atoms with E-state index in [-0.39, 0.29) is 0 Å². The van der Waals surface area contributed by atoms with Crippen molar-refractivity contribution in [3.63, 3.8) is 0 Å². The minimum absolute atomic E-state index is 1.14. The molecule has 0 saturated carbocycles. The average molecular weight is 567 g/mol. The largest absolute Gasteiger partial charge is 0.310 e. The summed E-state index contributed by atoms with van der Waals surface area (Å²) in [5.74, 6) is 0. The van der Waals surface area contributed by atoms with E-state index in [4.69, 9.17) is 0 Å². The van der Waals surface area contributed by atoms with Gasteiger partial charge in [-0.15, -0.1) is 11.3 Å². The number of nitrogens with zero attached hydrogens (tertiary/aromatic N) is 2. The van der Waals surface area contributed by atoms with Crippen LogP contribution in [0.15, 0.2) is 158 Å². The summed E-state index contributed by atoms with van der Waals surface area (Å²) in [6.07, 6.45) is 0. The van der Waals surface area contributed by atoms with Crippen molar-refractivity contribution in [1.82, 2.24) is 4.57 Å². The minimum atomic E-state index is 1.14. The fourth-order valence-corrected chi connectivity index (χ4v) is 7.78. The van der Waals surface area contributed by atoms with Crippen LogP contribution >= 0.6 is 11.3 Å². The van der Waals surface area contributed by atoms with Crippen LogP contribution in [-0.2, 0) is 0 Å². The van der Waals surface area contributed by atoms with Gasteiger partial charge in [0.2, 0.25) is 0 Å². The molecule has 0 bridgehead atoms. The Hall–Kier alpha value is -5.38. The van der Waals surface area contributed by atoms with Gasteiger partial charge in [-0.3, -0.25) is 0 Å². The van der Waals surface area contributed by atoms with Crippen LogP contribution in [0.2, 0.25) is 0 Å². The van der Waals surface area contributed by atoms with Crippen LogP contribution in [0.1, 0.15) is 0 Å². The van der Waals surface area contributed by atoms with Crippen LogP contribution in [0, 0.1) is 0 Å². The van der Waals surface area contributed by atoms with E-state index < -0.39 is 0 Å². The lowest BCUT2D eigenvalue weighted by atomic mass is 10.0. The van der Waals surface area contributed by atoms with Crippen molar-refractivity contribution in [3.8, 4) is 5.69 Å². The van der Waals surface area contributed by atoms with Crippen LogP contribution in [0.25, 0.3) is 58.4 Å². The van der Waals surface area contributed by atoms with E-state index in [2.05, 4.69) is 167 Å². The van der Waals surface area contributed by atoms with Crippen LogP contribution in [0.5, 0.6) is 0 Å². The van der Waals surface area contributed by atoms with E-state index in [0.29, 0.717) is 0 Å². The standard InChI is InChI=1S/C40H26N2S/c1-2-13-28(14-3-1)42-37-18-8-6-16-32(37)35-25-29(22-24-38(35)42)41(36-19-10-12-27-11-4-5-15-31(27)36)30-21-23-34-33-17-7-9-20-39(33)43-40(34)26-30/h1-26H. The molecule has 2 nitrogen and oxygen atoms in total. The lowest BCUT2D eigenvalue weighted by molar-refractivity contribution is 1.18. The zero-order valence-corrected chi connectivity index (χ0v) is 24.1. The molecule has 2 aromatic heterocycles. The molecular formula is C40H26N2S. The highest BCUT2D eigenvalue weighted by molar-refractivity contribution is 7.25. The highest BCUT2D eigenvalue weighted by Gasteiger charge is 2.19. The number of aromatic nitrogens is 1. The third-order valence-corrected chi connectivity index (χ3v) is 9.69. The molecule has 0 unspecified atom stereocenters. The van der Waals surface area contributed by atoms with Gasteiger partial charge in [-0.05, 0) is 66.0 Å². The molecule has 0 atom stereocenters. The van der Waals surface area contributed by atoms with Crippen molar-refractivity contribution in [1.29, 1.82) is 0 Å². The Kier molecular flexibility index (Phi) is 5.40. The predicted molar refractivity (Wildman–Crippen MR) is 186 cm³/mol. The summed E-state index contributed by atoms with van der Waals surface area (Å²) >= 11 is 1.86. The summed E-state index contributed by atoms with van der Waals surface area (Å²) in [6.45, 7) is 0. The predicted octanol–water partition coefficient (Wildman–Crippen LogP) is 11.8. The van der Waals surface area contributed by atoms with Gasteiger partial charge >= 0.3 is 0 Å². The third kappa shape index (κ3) is 3.79. The Labute approximate surface area is 253 Å². The Morgan fingerprint density at radius 3 is 1.98 bits per heavy atom. The van der Waals surface area contributed by atoms with E-state index in [1.165, 1.54) is 64.1 Å². The van der Waals surface area contributed by atoms with Crippen molar-refractivity contribution in [3.05, 3.63) is 158 Å². The summed E-state index contributed by atoms with van der Waals surface area (Å²) in [6, 6.07) is 57.3. The zero-order valence-electron chi connectivity index (χ0n) is 23.3. The van der Waals surface area contributed by atoms with Crippen LogP contribution in [0.4, 0.5) is 17.1 Å². The number of para-hydroxylation sites is 2. The second-order valence-electron chi connectivity index (χ2n) is 11.0. The molecular weight excluding hydrogens is 541 g/mol. The highest BCUT2D eigenvalue weighted by Crippen LogP contribution is 2.44. The van der Waals surface area contributed by atoms with Crippen molar-refractivity contribution >= 4 is 81.1 Å². The first-order valence-corrected chi connectivity index (χ1v) is 15.4. The second kappa shape index (κ2) is 9.59. The molecule has 43 heavy (non-hydrogen) atoms. The van der Waals surface area contributed by atoms with E-state index in [1.54, 1.807) is 0 Å². The minimum Gasteiger partial charge on any atom is -0.310 e. The molecule has 0 aliphatic carbocycles. The van der Waals surface area contributed by atoms with E-state index in [1.807, 2.05) is 11.3 Å². The quantitative estimate of drug-likeness (QED) is 0.206. The monoisotopic (exact) mass is 566 g/mol. The summed E-state index contributed by atoms with van der Waals surface area (Å²) in [5, 5.41) is 7.58. The van der Waals surface area contributed by atoms with Crippen molar-refractivity contribution in [2.45, 2.75) is 0 Å². The first-order valence-electron chi connectivity index (χ1n) is 14.6. The van der Waals surface area contributed by atoms with Gasteiger partial charge in [-0.2, -0.15) is 0 Å². The van der Waals surface area contributed by atoms with Crippen molar-refractivity contribution < 1.29 is 0 Å². The summed E-state index contributed by atoms with van der Waals surface area (Å²) < 4.78 is 4.99. The Morgan fingerprint density at radius 1 is 0.419 bits per heavy atom. The third-order valence-electron chi connectivity index (χ3n) is 8.56. The topological polar surface area (TPSA) is 8.17 Å². The first kappa shape index (κ1) is 24.2. The van der Waals surface area contributed by atoms with Gasteiger partial charge in [-0.25, -0.2) is 0 Å². The second-order valence-corrected chi connectivity index (χ2v) is 12.1. The number of hydrogen-bond acceptors (Lipinski definition) is 2. The van der Waals surface area contributed by atoms with Crippen LogP contribution in [-0.4, -0.2) is 4.57 Å². The van der Waals surface area contributed by atoms with Gasteiger partial charge in [0, 0.05) is 53.4 Å². The lowest BCUT2D eigenvalue weighted by Gasteiger charge is -2.27. The number of thiophene rings is 1. The molecule has 0 radical (unpaired) electrons. The molecule has 0 spiro atoms. The van der Waals surface area contributed by atoms with Crippen molar-refractivity contribution in [2.75, 3.05) is 4.90 Å². The van der Waals surface area contributed by atoms with E-state index in [9.17, 15) is 0 Å². The maximum atomic E-state index is 2.43. The molecule has 9 rings (SSSR count). The van der Waals surface area contributed by atoms with Crippen molar-refractivity contribution in [2.24, 2.45) is 0 Å². The zero-order chi connectivity index (χ0) is 28.3. The number of hydrogen-bond donors (Lipinski definition) is 0. The van der Waals surface area contributed by atoms with E-state index in [0.717, 1.165) is 11.4 Å². The number of fused-ring (bicyclic) bond motifs is 7. The smallest absolute Gasteiger partial charge is 0.0542 e. The van der Waals surface area contributed by atoms with E-state index >= 15 is 0 Å². The first-order chi connectivity index (χ1) is 21.3. The van der Waals surface area contributed by atoms with Gasteiger partial charge in [0.25, 0.3) is 0 Å². The normalized spacial score (nSPS) is 11.7. The SMILES string of the molecule is c1ccc(-n2c3ccccc3c3cc(N(c4ccc5c(c4)sc4ccccc45)c4cccc5ccccc45)ccc32)cc1. The molecule has 0 aliphatic rings. The number of rotatable bonds is 4. The van der Waals surface area contributed by atoms with Gasteiger partial charge in [0.1, 0.15) is 0 Å². The Bertz CT molecular complexity index is 2460. The average Bonchev–Trinajstić information content (AvgIpc) is 3.60. The maximum Gasteiger partial charge on any atom is 0.0542 e. The molecule has 0 fully saturated rings. The number of anilines is 3. The lowest BCUT2D eigenvalue weighted by Crippen LogP contribution is -2.10. The molecule has 0 amide bonds. The summed E-state index contributed by atoms with van der Waals surface area (Å²) in [7, 11) is 0. The molecule has 9 aromatic rings. The number of benzene rings is 7. The Morgan fingerprint density at radius 2 is 1.07 bits per heavy atom. The molecule has 7 aromatic carbocycles. The molecule has 202 valence electrons. The fraction of sp³-hybridized carbons (Fsp3) is 0. The molecule has 0 saturated heterocycles. The molecule has 2 heterocycles. The highest BCUT2D eigenvalue weighted by atomic mass is 32.1. The fourth-order valence-electron chi connectivity index (χ4n) is 6.64. The van der Waals surface area contributed by atoms with Crippen LogP contribution in [0.3, 0.4) is 0 Å². The maximum absolute atomic E-state index is 2.43. The molecule has 3 heteroatoms. The van der Waals surface area contributed by atoms with Gasteiger partial charge in [0.15, 0.2) is 0 Å².